The maximum atomic E-state index is 12.2. The first-order valence-electron chi connectivity index (χ1n) is 8.81. The van der Waals surface area contributed by atoms with Gasteiger partial charge in [0.25, 0.3) is 0 Å². The Bertz CT molecular complexity index is 890. The Labute approximate surface area is 154 Å². The summed E-state index contributed by atoms with van der Waals surface area (Å²) in [5.41, 5.74) is 5.50. The number of nitrogens with one attached hydrogen (secondary N) is 2. The molecule has 0 saturated carbocycles. The van der Waals surface area contributed by atoms with Crippen molar-refractivity contribution in [2.24, 2.45) is 0 Å². The van der Waals surface area contributed by atoms with Gasteiger partial charge in [-0.15, -0.1) is 0 Å². The molecule has 0 unspecified atom stereocenters. The van der Waals surface area contributed by atoms with E-state index in [1.165, 1.54) is 24.6 Å². The quantitative estimate of drug-likeness (QED) is 0.781. The number of sulfonamides is 1. The molecule has 1 aliphatic rings. The molecule has 0 heterocycles. The molecule has 138 valence electrons. The molecule has 26 heavy (non-hydrogen) atoms. The van der Waals surface area contributed by atoms with Gasteiger partial charge in [-0.3, -0.25) is 4.79 Å². The van der Waals surface area contributed by atoms with Crippen molar-refractivity contribution in [1.82, 2.24) is 10.0 Å². The zero-order valence-corrected chi connectivity index (χ0v) is 15.7. The first kappa shape index (κ1) is 18.6. The lowest BCUT2D eigenvalue weighted by Crippen LogP contribution is -2.24. The summed E-state index contributed by atoms with van der Waals surface area (Å²) in [6.45, 7) is 0.433. The predicted octanol–water partition coefficient (Wildman–Crippen LogP) is 2.08. The van der Waals surface area contributed by atoms with Crippen molar-refractivity contribution in [1.29, 1.82) is 0 Å². The van der Waals surface area contributed by atoms with Gasteiger partial charge in [0, 0.05) is 6.54 Å². The Kier molecular flexibility index (Phi) is 5.74. The third-order valence-electron chi connectivity index (χ3n) is 4.71. The maximum absolute atomic E-state index is 12.2. The smallest absolute Gasteiger partial charge is 0.224 e. The summed E-state index contributed by atoms with van der Waals surface area (Å²) in [6.07, 6.45) is 3.84. The van der Waals surface area contributed by atoms with E-state index in [2.05, 4.69) is 22.2 Å². The normalized spacial score (nSPS) is 13.4. The van der Waals surface area contributed by atoms with E-state index in [4.69, 9.17) is 0 Å². The second-order valence-electron chi connectivity index (χ2n) is 6.69. The zero-order valence-electron chi connectivity index (χ0n) is 14.9. The van der Waals surface area contributed by atoms with Crippen LogP contribution in [0.25, 0.3) is 0 Å². The first-order chi connectivity index (χ1) is 12.4. The van der Waals surface area contributed by atoms with Crippen LogP contribution in [0.3, 0.4) is 0 Å². The van der Waals surface area contributed by atoms with Crippen LogP contribution in [0.15, 0.2) is 42.5 Å². The van der Waals surface area contributed by atoms with Crippen LogP contribution in [-0.4, -0.2) is 21.4 Å². The second kappa shape index (κ2) is 8.01. The summed E-state index contributed by atoms with van der Waals surface area (Å²) >= 11 is 0. The van der Waals surface area contributed by atoms with Crippen molar-refractivity contribution in [3.8, 4) is 0 Å². The second-order valence-corrected chi connectivity index (χ2v) is 8.62. The third kappa shape index (κ3) is 4.93. The molecule has 0 fully saturated rings. The predicted molar refractivity (Wildman–Crippen MR) is 102 cm³/mol. The molecular weight excluding hydrogens is 348 g/mol. The number of amides is 1. The third-order valence-corrected chi connectivity index (χ3v) is 6.04. The molecule has 2 N–H and O–H groups in total. The lowest BCUT2D eigenvalue weighted by molar-refractivity contribution is -0.120. The van der Waals surface area contributed by atoms with Crippen LogP contribution in [0.1, 0.15) is 34.2 Å². The molecule has 5 nitrogen and oxygen atoms in total. The summed E-state index contributed by atoms with van der Waals surface area (Å²) in [5.74, 6) is -0.0566. The average molecular weight is 372 g/mol. The number of hydrogen-bond donors (Lipinski definition) is 2. The van der Waals surface area contributed by atoms with Gasteiger partial charge in [-0.2, -0.15) is 0 Å². The van der Waals surface area contributed by atoms with Crippen LogP contribution in [0.4, 0.5) is 0 Å². The Morgan fingerprint density at radius 2 is 1.62 bits per heavy atom. The fourth-order valence-corrected chi connectivity index (χ4v) is 4.00. The van der Waals surface area contributed by atoms with E-state index in [1.54, 1.807) is 12.1 Å². The van der Waals surface area contributed by atoms with Crippen molar-refractivity contribution in [2.45, 2.75) is 38.0 Å². The largest absolute Gasteiger partial charge is 0.352 e. The van der Waals surface area contributed by atoms with Gasteiger partial charge < -0.3 is 5.32 Å². The van der Waals surface area contributed by atoms with Crippen LogP contribution >= 0.6 is 0 Å². The van der Waals surface area contributed by atoms with Gasteiger partial charge >= 0.3 is 0 Å². The molecular formula is C20H24N2O3S. The van der Waals surface area contributed by atoms with Crippen LogP contribution < -0.4 is 10.0 Å². The summed E-state index contributed by atoms with van der Waals surface area (Å²) in [5, 5.41) is 2.92. The number of fused-ring (bicyclic) bond motifs is 1. The average Bonchev–Trinajstić information content (AvgIpc) is 3.09. The number of aryl methyl sites for hydroxylation is 2. The van der Waals surface area contributed by atoms with E-state index in [0.29, 0.717) is 18.5 Å². The highest BCUT2D eigenvalue weighted by molar-refractivity contribution is 7.88. The van der Waals surface area contributed by atoms with E-state index in [0.717, 1.165) is 24.0 Å². The molecule has 2 aromatic rings. The summed E-state index contributed by atoms with van der Waals surface area (Å²) in [4.78, 5) is 12.2. The minimum atomic E-state index is -3.27. The van der Waals surface area contributed by atoms with Gasteiger partial charge in [0.2, 0.25) is 15.9 Å². The lowest BCUT2D eigenvalue weighted by Gasteiger charge is -2.08. The lowest BCUT2D eigenvalue weighted by atomic mass is 10.0. The van der Waals surface area contributed by atoms with E-state index in [-0.39, 0.29) is 11.7 Å². The van der Waals surface area contributed by atoms with E-state index in [9.17, 15) is 13.2 Å². The van der Waals surface area contributed by atoms with Crippen LogP contribution in [0, 0.1) is 0 Å². The van der Waals surface area contributed by atoms with Crippen molar-refractivity contribution in [3.05, 3.63) is 70.3 Å². The molecule has 0 aliphatic heterocycles. The van der Waals surface area contributed by atoms with Crippen LogP contribution in [0.5, 0.6) is 0 Å². The highest BCUT2D eigenvalue weighted by Gasteiger charge is 2.12. The molecule has 0 saturated heterocycles. The Morgan fingerprint density at radius 3 is 2.35 bits per heavy atom. The van der Waals surface area contributed by atoms with Crippen molar-refractivity contribution < 1.29 is 13.2 Å². The number of carbonyl (C=O) groups is 1. The van der Waals surface area contributed by atoms with Gasteiger partial charge in [-0.1, -0.05) is 42.5 Å². The van der Waals surface area contributed by atoms with Gasteiger partial charge in [0.05, 0.1) is 12.2 Å². The Balaban J connectivity index is 1.51. The molecule has 2 aromatic carbocycles. The molecule has 0 radical (unpaired) electrons. The molecule has 0 atom stereocenters. The SMILES string of the molecule is CNS(=O)(=O)Cc1ccc(CNC(=O)Cc2ccc3c(c2)CCC3)cc1. The molecule has 1 amide bonds. The monoisotopic (exact) mass is 372 g/mol. The van der Waals surface area contributed by atoms with Gasteiger partial charge in [0.15, 0.2) is 0 Å². The standard InChI is InChI=1S/C20H24N2O3S/c1-21-26(24,25)14-16-7-5-15(6-8-16)13-22-20(23)12-17-9-10-18-3-2-4-19(18)11-17/h5-11,21H,2-4,12-14H2,1H3,(H,22,23). The first-order valence-corrected chi connectivity index (χ1v) is 10.5. The van der Waals surface area contributed by atoms with Gasteiger partial charge in [0.1, 0.15) is 0 Å². The van der Waals surface area contributed by atoms with Crippen molar-refractivity contribution >= 4 is 15.9 Å². The van der Waals surface area contributed by atoms with E-state index in [1.807, 2.05) is 18.2 Å². The zero-order chi connectivity index (χ0) is 18.6. The number of benzene rings is 2. The molecule has 0 aromatic heterocycles. The fourth-order valence-electron chi connectivity index (χ4n) is 3.23. The number of hydrogen-bond acceptors (Lipinski definition) is 3. The van der Waals surface area contributed by atoms with Crippen molar-refractivity contribution in [2.75, 3.05) is 7.05 Å². The van der Waals surface area contributed by atoms with Crippen LogP contribution in [-0.2, 0) is 46.4 Å². The van der Waals surface area contributed by atoms with Gasteiger partial charge in [-0.25, -0.2) is 13.1 Å². The number of carbonyl (C=O) groups excluding carboxylic acids is 1. The minimum Gasteiger partial charge on any atom is -0.352 e. The Morgan fingerprint density at radius 1 is 0.962 bits per heavy atom. The molecule has 0 bridgehead atoms. The van der Waals surface area contributed by atoms with Crippen molar-refractivity contribution in [3.63, 3.8) is 0 Å². The highest BCUT2D eigenvalue weighted by Crippen LogP contribution is 2.23. The fraction of sp³-hybridized carbons (Fsp3) is 0.350. The molecule has 1 aliphatic carbocycles. The molecule has 6 heteroatoms. The topological polar surface area (TPSA) is 75.3 Å². The minimum absolute atomic E-state index is 0.00946. The molecule has 0 spiro atoms. The summed E-state index contributed by atoms with van der Waals surface area (Å²) in [6, 6.07) is 13.6. The number of rotatable bonds is 7. The summed E-state index contributed by atoms with van der Waals surface area (Å²) in [7, 11) is -1.87. The highest BCUT2D eigenvalue weighted by atomic mass is 32.2. The van der Waals surface area contributed by atoms with E-state index < -0.39 is 10.0 Å². The van der Waals surface area contributed by atoms with Crippen LogP contribution in [0.2, 0.25) is 0 Å². The van der Waals surface area contributed by atoms with E-state index >= 15 is 0 Å². The van der Waals surface area contributed by atoms with Gasteiger partial charge in [-0.05, 0) is 54.1 Å². The maximum Gasteiger partial charge on any atom is 0.224 e. The Hall–Kier alpha value is -2.18. The molecule has 3 rings (SSSR count). The summed E-state index contributed by atoms with van der Waals surface area (Å²) < 4.78 is 25.4.